The van der Waals surface area contributed by atoms with Crippen molar-refractivity contribution in [3.05, 3.63) is 21.8 Å². The van der Waals surface area contributed by atoms with Crippen molar-refractivity contribution in [2.24, 2.45) is 0 Å². The van der Waals surface area contributed by atoms with Gasteiger partial charge in [0, 0.05) is 3.57 Å². The number of halogens is 1. The third kappa shape index (κ3) is 1.69. The molecule has 0 aliphatic carbocycles. The van der Waals surface area contributed by atoms with E-state index in [2.05, 4.69) is 32.8 Å². The molecule has 45 valence electrons. The van der Waals surface area contributed by atoms with Crippen LogP contribution in [0, 0.1) is 3.57 Å². The molecule has 0 amide bonds. The van der Waals surface area contributed by atoms with Crippen molar-refractivity contribution in [1.82, 2.24) is 0 Å². The molecular formula is C6H4IOSi. The number of hydrogen-bond donors (Lipinski definition) is 1. The highest BCUT2D eigenvalue weighted by Crippen LogP contribution is 2.09. The molecule has 1 N–H and O–H groups in total. The molecule has 1 nitrogen and oxygen atoms in total. The maximum absolute atomic E-state index is 9.05. The van der Waals surface area contributed by atoms with Gasteiger partial charge >= 0.3 is 0 Å². The molecule has 0 saturated carbocycles. The molecule has 1 aromatic rings. The molecule has 9 heavy (non-hydrogen) atoms. The molecule has 3 heteroatoms. The van der Waals surface area contributed by atoms with Crippen molar-refractivity contribution in [1.29, 1.82) is 0 Å². The van der Waals surface area contributed by atoms with E-state index < -0.39 is 0 Å². The zero-order valence-corrected chi connectivity index (χ0v) is 7.71. The summed E-state index contributed by atoms with van der Waals surface area (Å²) in [5.41, 5.74) is 0. The molecule has 0 fully saturated rings. The lowest BCUT2D eigenvalue weighted by Crippen LogP contribution is -2.01. The first-order valence-electron chi connectivity index (χ1n) is 2.40. The van der Waals surface area contributed by atoms with Crippen LogP contribution >= 0.6 is 22.6 Å². The summed E-state index contributed by atoms with van der Waals surface area (Å²) in [7, 11) is 3.22. The molecular weight excluding hydrogens is 243 g/mol. The smallest absolute Gasteiger partial charge is 0.115 e. The van der Waals surface area contributed by atoms with E-state index in [0.717, 1.165) is 8.76 Å². The van der Waals surface area contributed by atoms with Gasteiger partial charge in [0.2, 0.25) is 0 Å². The van der Waals surface area contributed by atoms with Gasteiger partial charge in [-0.15, -0.1) is 0 Å². The van der Waals surface area contributed by atoms with Gasteiger partial charge in [0.05, 0.1) is 10.2 Å². The number of hydrogen-bond acceptors (Lipinski definition) is 1. The predicted octanol–water partition coefficient (Wildman–Crippen LogP) is 0.791. The maximum atomic E-state index is 9.05. The number of aromatic hydroxyl groups is 1. The highest BCUT2D eigenvalue weighted by Gasteiger charge is 1.93. The van der Waals surface area contributed by atoms with E-state index in [1.54, 1.807) is 6.07 Å². The van der Waals surface area contributed by atoms with E-state index in [1.807, 2.05) is 12.1 Å². The molecule has 0 saturated heterocycles. The van der Waals surface area contributed by atoms with Crippen LogP contribution in [-0.2, 0) is 0 Å². The summed E-state index contributed by atoms with van der Waals surface area (Å²) in [5.74, 6) is 0.290. The molecule has 3 radical (unpaired) electrons. The minimum Gasteiger partial charge on any atom is -0.508 e. The van der Waals surface area contributed by atoms with Gasteiger partial charge < -0.3 is 5.11 Å². The van der Waals surface area contributed by atoms with Crippen LogP contribution in [0.1, 0.15) is 0 Å². The highest BCUT2D eigenvalue weighted by atomic mass is 127. The third-order valence-corrected chi connectivity index (χ3v) is 2.05. The lowest BCUT2D eigenvalue weighted by atomic mass is 10.3. The Labute approximate surface area is 70.7 Å². The Morgan fingerprint density at radius 3 is 2.56 bits per heavy atom. The first-order chi connectivity index (χ1) is 4.20. The van der Waals surface area contributed by atoms with Crippen molar-refractivity contribution in [3.8, 4) is 5.75 Å². The number of phenols is 1. The monoisotopic (exact) mass is 247 g/mol. The van der Waals surface area contributed by atoms with Gasteiger partial charge in [0.15, 0.2) is 0 Å². The fourth-order valence-electron chi connectivity index (χ4n) is 0.505. The van der Waals surface area contributed by atoms with E-state index in [-0.39, 0.29) is 0 Å². The van der Waals surface area contributed by atoms with Crippen molar-refractivity contribution >= 4 is 38.0 Å². The molecule has 0 heterocycles. The highest BCUT2D eigenvalue weighted by molar-refractivity contribution is 14.1. The average Bonchev–Trinajstić information content (AvgIpc) is 1.80. The molecule has 0 unspecified atom stereocenters. The van der Waals surface area contributed by atoms with Crippen LogP contribution in [0.3, 0.4) is 0 Å². The fourth-order valence-corrected chi connectivity index (χ4v) is 1.14. The summed E-state index contributed by atoms with van der Waals surface area (Å²) in [6, 6.07) is 5.43. The quantitative estimate of drug-likeness (QED) is 0.531. The first kappa shape index (κ1) is 7.08. The molecule has 0 atom stereocenters. The van der Waals surface area contributed by atoms with Crippen LogP contribution < -0.4 is 5.19 Å². The summed E-state index contributed by atoms with van der Waals surface area (Å²) >= 11 is 2.14. The van der Waals surface area contributed by atoms with Crippen LogP contribution in [0.15, 0.2) is 18.2 Å². The molecule has 1 aromatic carbocycles. The summed E-state index contributed by atoms with van der Waals surface area (Å²) in [5, 5.41) is 9.78. The lowest BCUT2D eigenvalue weighted by molar-refractivity contribution is 0.479. The number of benzene rings is 1. The minimum absolute atomic E-state index is 0.290. The standard InChI is InChI=1S/C6H4IOSi/c7-4-1-2-6(9)5(8)3-4/h1-3,8H. The number of phenolic OH excluding ortho intramolecular Hbond substituents is 1. The average molecular weight is 247 g/mol. The van der Waals surface area contributed by atoms with Gasteiger partial charge in [0.1, 0.15) is 5.75 Å². The SMILES string of the molecule is Oc1cc(I)ccc1[Si]. The van der Waals surface area contributed by atoms with Gasteiger partial charge in [-0.1, -0.05) is 6.07 Å². The zero-order valence-electron chi connectivity index (χ0n) is 4.56. The van der Waals surface area contributed by atoms with Crippen molar-refractivity contribution in [3.63, 3.8) is 0 Å². The summed E-state index contributed by atoms with van der Waals surface area (Å²) in [6.45, 7) is 0. The van der Waals surface area contributed by atoms with Gasteiger partial charge in [-0.2, -0.15) is 0 Å². The van der Waals surface area contributed by atoms with E-state index in [1.165, 1.54) is 0 Å². The van der Waals surface area contributed by atoms with Crippen molar-refractivity contribution in [2.75, 3.05) is 0 Å². The van der Waals surface area contributed by atoms with Crippen LogP contribution in [0.5, 0.6) is 5.75 Å². The second-order valence-electron chi connectivity index (χ2n) is 1.66. The van der Waals surface area contributed by atoms with Crippen molar-refractivity contribution in [2.45, 2.75) is 0 Å². The van der Waals surface area contributed by atoms with Gasteiger partial charge in [-0.25, -0.2) is 0 Å². The first-order valence-corrected chi connectivity index (χ1v) is 3.98. The van der Waals surface area contributed by atoms with Gasteiger partial charge in [0.25, 0.3) is 0 Å². The summed E-state index contributed by atoms with van der Waals surface area (Å²) in [6.07, 6.45) is 0. The van der Waals surface area contributed by atoms with Crippen LogP contribution in [0.4, 0.5) is 0 Å². The predicted molar refractivity (Wildman–Crippen MR) is 46.2 cm³/mol. The van der Waals surface area contributed by atoms with Gasteiger partial charge in [-0.05, 0) is 39.9 Å². The van der Waals surface area contributed by atoms with E-state index in [9.17, 15) is 0 Å². The normalized spacial score (nSPS) is 9.56. The summed E-state index contributed by atoms with van der Waals surface area (Å²) < 4.78 is 1.03. The Morgan fingerprint density at radius 1 is 1.44 bits per heavy atom. The van der Waals surface area contributed by atoms with Crippen LogP contribution in [0.2, 0.25) is 0 Å². The summed E-state index contributed by atoms with van der Waals surface area (Å²) in [4.78, 5) is 0. The largest absolute Gasteiger partial charge is 0.508 e. The van der Waals surface area contributed by atoms with Crippen molar-refractivity contribution < 1.29 is 5.11 Å². The van der Waals surface area contributed by atoms with E-state index in [4.69, 9.17) is 5.11 Å². The Bertz CT molecular complexity index is 224. The van der Waals surface area contributed by atoms with Crippen LogP contribution in [0.25, 0.3) is 0 Å². The topological polar surface area (TPSA) is 20.2 Å². The fraction of sp³-hybridized carbons (Fsp3) is 0. The lowest BCUT2D eigenvalue weighted by Gasteiger charge is -1.95. The van der Waals surface area contributed by atoms with Crippen LogP contribution in [-0.4, -0.2) is 15.3 Å². The minimum atomic E-state index is 0.290. The number of rotatable bonds is 0. The van der Waals surface area contributed by atoms with Gasteiger partial charge in [-0.3, -0.25) is 0 Å². The maximum Gasteiger partial charge on any atom is 0.115 e. The van der Waals surface area contributed by atoms with E-state index in [0.29, 0.717) is 5.75 Å². The second kappa shape index (κ2) is 2.70. The van der Waals surface area contributed by atoms with E-state index >= 15 is 0 Å². The molecule has 0 spiro atoms. The molecule has 1 rings (SSSR count). The Hall–Kier alpha value is -0.0331. The zero-order chi connectivity index (χ0) is 6.85. The Morgan fingerprint density at radius 2 is 2.11 bits per heavy atom. The molecule has 0 bridgehead atoms. The third-order valence-electron chi connectivity index (χ3n) is 0.960. The Kier molecular flexibility index (Phi) is 2.12. The molecule has 0 aliphatic rings. The molecule has 0 aromatic heterocycles. The second-order valence-corrected chi connectivity index (χ2v) is 3.45. The molecule has 0 aliphatic heterocycles. The Balaban J connectivity index is 3.17.